The third-order valence-corrected chi connectivity index (χ3v) is 3.40. The summed E-state index contributed by atoms with van der Waals surface area (Å²) in [6.07, 6.45) is 0.405. The normalized spacial score (nSPS) is 13.7. The van der Waals surface area contributed by atoms with Crippen LogP contribution in [0.2, 0.25) is 0 Å². The zero-order chi connectivity index (χ0) is 17.5. The van der Waals surface area contributed by atoms with Crippen molar-refractivity contribution in [1.82, 2.24) is 10.6 Å². The summed E-state index contributed by atoms with van der Waals surface area (Å²) in [7, 11) is 0. The molecule has 0 aromatic heterocycles. The monoisotopic (exact) mass is 317 g/mol. The molecule has 0 saturated carbocycles. The average Bonchev–Trinajstić information content (AvgIpc) is 2.49. The number of nitrogens with zero attached hydrogens (tertiary/aromatic N) is 1. The highest BCUT2D eigenvalue weighted by Gasteiger charge is 2.19. The van der Waals surface area contributed by atoms with Gasteiger partial charge >= 0.3 is 6.09 Å². The van der Waals surface area contributed by atoms with Crippen molar-refractivity contribution in [3.05, 3.63) is 35.4 Å². The van der Waals surface area contributed by atoms with Gasteiger partial charge in [-0.3, -0.25) is 0 Å². The highest BCUT2D eigenvalue weighted by atomic mass is 16.6. The lowest BCUT2D eigenvalue weighted by atomic mass is 10.1. The molecule has 0 saturated heterocycles. The maximum atomic E-state index is 11.8. The predicted molar refractivity (Wildman–Crippen MR) is 91.0 cm³/mol. The summed E-state index contributed by atoms with van der Waals surface area (Å²) in [4.78, 5) is 11.8. The van der Waals surface area contributed by atoms with Crippen LogP contribution < -0.4 is 10.6 Å². The molecule has 2 N–H and O–H groups in total. The molecule has 0 spiro atoms. The Kier molecular flexibility index (Phi) is 7.05. The lowest BCUT2D eigenvalue weighted by Gasteiger charge is -2.24. The molecular formula is C18H27N3O2. The lowest BCUT2D eigenvalue weighted by Crippen LogP contribution is -2.44. The van der Waals surface area contributed by atoms with E-state index in [0.717, 1.165) is 12.0 Å². The van der Waals surface area contributed by atoms with E-state index in [1.165, 1.54) is 0 Å². The van der Waals surface area contributed by atoms with E-state index in [9.17, 15) is 4.79 Å². The maximum absolute atomic E-state index is 11.8. The molecule has 0 aliphatic heterocycles. The Morgan fingerprint density at radius 2 is 2.09 bits per heavy atom. The first kappa shape index (κ1) is 19.0. The van der Waals surface area contributed by atoms with Crippen LogP contribution in [-0.2, 0) is 4.74 Å². The van der Waals surface area contributed by atoms with E-state index in [1.807, 2.05) is 52.8 Å². The van der Waals surface area contributed by atoms with Gasteiger partial charge in [-0.05, 0) is 51.8 Å². The van der Waals surface area contributed by atoms with E-state index in [0.29, 0.717) is 12.1 Å². The van der Waals surface area contributed by atoms with Gasteiger partial charge in [0.15, 0.2) is 0 Å². The van der Waals surface area contributed by atoms with E-state index in [4.69, 9.17) is 10.00 Å². The summed E-state index contributed by atoms with van der Waals surface area (Å²) in [5, 5.41) is 15.2. The number of benzene rings is 1. The van der Waals surface area contributed by atoms with Gasteiger partial charge in [0.1, 0.15) is 5.60 Å². The van der Waals surface area contributed by atoms with Crippen LogP contribution in [0, 0.1) is 11.3 Å². The Morgan fingerprint density at radius 1 is 1.39 bits per heavy atom. The first-order valence-corrected chi connectivity index (χ1v) is 7.98. The number of nitriles is 1. The third-order valence-electron chi connectivity index (χ3n) is 3.40. The molecule has 1 rings (SSSR count). The molecule has 23 heavy (non-hydrogen) atoms. The summed E-state index contributed by atoms with van der Waals surface area (Å²) >= 11 is 0. The van der Waals surface area contributed by atoms with Crippen molar-refractivity contribution in [2.24, 2.45) is 0 Å². The second kappa shape index (κ2) is 8.54. The van der Waals surface area contributed by atoms with Crippen LogP contribution in [0.5, 0.6) is 0 Å². The Labute approximate surface area is 139 Å². The standard InChI is InChI=1S/C18H27N3O2/c1-6-16(21-17(22)23-18(3,4)5)12-20-13(2)15-9-7-8-14(10-15)11-19/h7-10,13,16,20H,6,12H2,1-5H3,(H,21,22). The number of hydrogen-bond donors (Lipinski definition) is 2. The van der Waals surface area contributed by atoms with E-state index >= 15 is 0 Å². The summed E-state index contributed by atoms with van der Waals surface area (Å²) < 4.78 is 5.28. The van der Waals surface area contributed by atoms with Gasteiger partial charge in [-0.25, -0.2) is 4.79 Å². The molecule has 1 aromatic carbocycles. The molecule has 0 bridgehead atoms. The Morgan fingerprint density at radius 3 is 2.65 bits per heavy atom. The van der Waals surface area contributed by atoms with Crippen LogP contribution in [0.3, 0.4) is 0 Å². The summed E-state index contributed by atoms with van der Waals surface area (Å²) in [5.41, 5.74) is 1.20. The molecule has 1 amide bonds. The predicted octanol–water partition coefficient (Wildman–Crippen LogP) is 3.51. The number of ether oxygens (including phenoxy) is 1. The largest absolute Gasteiger partial charge is 0.444 e. The smallest absolute Gasteiger partial charge is 0.407 e. The van der Waals surface area contributed by atoms with Gasteiger partial charge in [-0.15, -0.1) is 0 Å². The first-order valence-electron chi connectivity index (χ1n) is 7.98. The van der Waals surface area contributed by atoms with Gasteiger partial charge in [0.25, 0.3) is 0 Å². The van der Waals surface area contributed by atoms with Crippen LogP contribution in [0.4, 0.5) is 4.79 Å². The van der Waals surface area contributed by atoms with E-state index in [2.05, 4.69) is 16.7 Å². The van der Waals surface area contributed by atoms with Gasteiger partial charge in [0.2, 0.25) is 0 Å². The van der Waals surface area contributed by atoms with Crippen LogP contribution >= 0.6 is 0 Å². The highest BCUT2D eigenvalue weighted by molar-refractivity contribution is 5.68. The Bertz CT molecular complexity index is 558. The number of amides is 1. The van der Waals surface area contributed by atoms with Crippen LogP contribution in [0.1, 0.15) is 58.2 Å². The minimum Gasteiger partial charge on any atom is -0.444 e. The molecule has 2 atom stereocenters. The Hall–Kier alpha value is -2.06. The molecule has 5 heteroatoms. The van der Waals surface area contributed by atoms with Gasteiger partial charge in [-0.1, -0.05) is 19.1 Å². The fraction of sp³-hybridized carbons (Fsp3) is 0.556. The second-order valence-corrected chi connectivity index (χ2v) is 6.62. The minimum absolute atomic E-state index is 0.00792. The molecule has 0 aliphatic carbocycles. The molecule has 0 radical (unpaired) electrons. The number of nitrogens with one attached hydrogen (secondary N) is 2. The molecule has 126 valence electrons. The Balaban J connectivity index is 2.53. The van der Waals surface area contributed by atoms with Crippen molar-refractivity contribution >= 4 is 6.09 Å². The zero-order valence-corrected chi connectivity index (χ0v) is 14.6. The maximum Gasteiger partial charge on any atom is 0.407 e. The van der Waals surface area contributed by atoms with Crippen molar-refractivity contribution in [1.29, 1.82) is 5.26 Å². The number of rotatable bonds is 6. The first-order chi connectivity index (χ1) is 10.7. The van der Waals surface area contributed by atoms with Crippen LogP contribution in [0.25, 0.3) is 0 Å². The molecule has 0 aliphatic rings. The lowest BCUT2D eigenvalue weighted by molar-refractivity contribution is 0.0502. The summed E-state index contributed by atoms with van der Waals surface area (Å²) in [6, 6.07) is 9.76. The summed E-state index contributed by atoms with van der Waals surface area (Å²) in [5.74, 6) is 0. The van der Waals surface area contributed by atoms with Gasteiger partial charge < -0.3 is 15.4 Å². The SMILES string of the molecule is CCC(CNC(C)c1cccc(C#N)c1)NC(=O)OC(C)(C)C. The van der Waals surface area contributed by atoms with Crippen molar-refractivity contribution in [2.75, 3.05) is 6.54 Å². The van der Waals surface area contributed by atoms with Gasteiger partial charge in [0.05, 0.1) is 11.6 Å². The second-order valence-electron chi connectivity index (χ2n) is 6.62. The van der Waals surface area contributed by atoms with Crippen molar-refractivity contribution < 1.29 is 9.53 Å². The number of alkyl carbamates (subject to hydrolysis) is 1. The van der Waals surface area contributed by atoms with E-state index < -0.39 is 11.7 Å². The van der Waals surface area contributed by atoms with E-state index in [1.54, 1.807) is 6.07 Å². The van der Waals surface area contributed by atoms with Gasteiger partial charge in [-0.2, -0.15) is 5.26 Å². The van der Waals surface area contributed by atoms with Gasteiger partial charge in [0, 0.05) is 18.6 Å². The van der Waals surface area contributed by atoms with Crippen molar-refractivity contribution in [2.45, 2.75) is 58.7 Å². The summed E-state index contributed by atoms with van der Waals surface area (Å²) in [6.45, 7) is 10.2. The topological polar surface area (TPSA) is 74.2 Å². The fourth-order valence-corrected chi connectivity index (χ4v) is 2.09. The number of carbonyl (C=O) groups excluding carboxylic acids is 1. The van der Waals surface area contributed by atoms with Crippen LogP contribution in [-0.4, -0.2) is 24.3 Å². The fourth-order valence-electron chi connectivity index (χ4n) is 2.09. The van der Waals surface area contributed by atoms with Crippen molar-refractivity contribution in [3.8, 4) is 6.07 Å². The zero-order valence-electron chi connectivity index (χ0n) is 14.6. The molecule has 2 unspecified atom stereocenters. The molecule has 1 aromatic rings. The quantitative estimate of drug-likeness (QED) is 0.842. The minimum atomic E-state index is -0.499. The van der Waals surface area contributed by atoms with E-state index in [-0.39, 0.29) is 12.1 Å². The van der Waals surface area contributed by atoms with Crippen LogP contribution in [0.15, 0.2) is 24.3 Å². The molecular weight excluding hydrogens is 290 g/mol. The molecule has 5 nitrogen and oxygen atoms in total. The third kappa shape index (κ3) is 7.16. The van der Waals surface area contributed by atoms with Crippen molar-refractivity contribution in [3.63, 3.8) is 0 Å². The number of carbonyl (C=O) groups is 1. The highest BCUT2D eigenvalue weighted by Crippen LogP contribution is 2.14. The number of hydrogen-bond acceptors (Lipinski definition) is 4. The molecule has 0 heterocycles. The average molecular weight is 317 g/mol. The molecule has 0 fully saturated rings.